The van der Waals surface area contributed by atoms with Crippen LogP contribution in [0.4, 0.5) is 0 Å². The van der Waals surface area contributed by atoms with Crippen LogP contribution in [0.3, 0.4) is 0 Å². The van der Waals surface area contributed by atoms with Crippen LogP contribution in [-0.4, -0.2) is 19.6 Å². The van der Waals surface area contributed by atoms with Crippen molar-refractivity contribution in [3.05, 3.63) is 72.1 Å². The second-order valence-corrected chi connectivity index (χ2v) is 7.87. The van der Waals surface area contributed by atoms with E-state index in [0.29, 0.717) is 0 Å². The van der Waals surface area contributed by atoms with Gasteiger partial charge >= 0.3 is 0 Å². The molecule has 27 heavy (non-hydrogen) atoms. The zero-order valence-electron chi connectivity index (χ0n) is 15.1. The molecular formula is C23H20N4. The maximum absolute atomic E-state index is 5.23. The van der Waals surface area contributed by atoms with Crippen LogP contribution in [0.1, 0.15) is 36.8 Å². The van der Waals surface area contributed by atoms with Gasteiger partial charge in [-0.15, -0.1) is 10.2 Å². The lowest BCUT2D eigenvalue weighted by Gasteiger charge is -2.36. The first-order valence-corrected chi connectivity index (χ1v) is 9.74. The van der Waals surface area contributed by atoms with E-state index in [9.17, 15) is 0 Å². The van der Waals surface area contributed by atoms with E-state index in [0.717, 1.165) is 29.1 Å². The molecule has 1 saturated carbocycles. The van der Waals surface area contributed by atoms with Crippen molar-refractivity contribution in [2.75, 3.05) is 0 Å². The summed E-state index contributed by atoms with van der Waals surface area (Å²) in [5.74, 6) is 0.916. The van der Waals surface area contributed by atoms with E-state index in [2.05, 4.69) is 63.1 Å². The molecule has 0 atom stereocenters. The van der Waals surface area contributed by atoms with Crippen molar-refractivity contribution in [3.63, 3.8) is 0 Å². The fourth-order valence-corrected chi connectivity index (χ4v) is 5.19. The van der Waals surface area contributed by atoms with Gasteiger partial charge in [-0.1, -0.05) is 67.4 Å². The lowest BCUT2D eigenvalue weighted by Crippen LogP contribution is -2.31. The van der Waals surface area contributed by atoms with Crippen LogP contribution in [0, 0.1) is 0 Å². The van der Waals surface area contributed by atoms with Gasteiger partial charge in [0.25, 0.3) is 0 Å². The summed E-state index contributed by atoms with van der Waals surface area (Å²) in [7, 11) is 0. The molecule has 0 radical (unpaired) electrons. The van der Waals surface area contributed by atoms with Crippen molar-refractivity contribution in [2.24, 2.45) is 0 Å². The third kappa shape index (κ3) is 2.07. The van der Waals surface area contributed by atoms with Crippen LogP contribution in [-0.2, 0) is 11.8 Å². The molecule has 132 valence electrons. The van der Waals surface area contributed by atoms with Gasteiger partial charge in [0.05, 0.1) is 5.69 Å². The van der Waals surface area contributed by atoms with E-state index in [1.165, 1.54) is 42.4 Å². The Kier molecular flexibility index (Phi) is 3.07. The van der Waals surface area contributed by atoms with E-state index in [4.69, 9.17) is 4.98 Å². The van der Waals surface area contributed by atoms with Crippen molar-refractivity contribution in [1.29, 1.82) is 0 Å². The molecule has 6 rings (SSSR count). The molecule has 1 fully saturated rings. The Morgan fingerprint density at radius 2 is 1.67 bits per heavy atom. The van der Waals surface area contributed by atoms with Crippen LogP contribution < -0.4 is 0 Å². The third-order valence-electron chi connectivity index (χ3n) is 6.38. The second kappa shape index (κ2) is 5.49. The standard InChI is InChI=1S/C23H20N4/c1-2-8-16(9-3-1)21-25-20-18-11-5-4-10-17(18)14-23(12-6-7-13-23)19(20)22-26-24-15-27(21)22/h1-5,8-11,15H,6-7,12-14H2. The first-order chi connectivity index (χ1) is 13.4. The quantitative estimate of drug-likeness (QED) is 0.493. The molecule has 2 heterocycles. The lowest BCUT2D eigenvalue weighted by molar-refractivity contribution is 0.433. The molecule has 0 unspecified atom stereocenters. The Bertz CT molecular complexity index is 1150. The molecule has 0 saturated heterocycles. The topological polar surface area (TPSA) is 43.1 Å². The summed E-state index contributed by atoms with van der Waals surface area (Å²) in [6, 6.07) is 19.1. The molecule has 2 aliphatic rings. The third-order valence-corrected chi connectivity index (χ3v) is 6.38. The fourth-order valence-electron chi connectivity index (χ4n) is 5.19. The molecule has 4 aromatic rings. The summed E-state index contributed by atoms with van der Waals surface area (Å²) in [4.78, 5) is 5.23. The Balaban J connectivity index is 1.74. The molecule has 0 N–H and O–H groups in total. The summed E-state index contributed by atoms with van der Waals surface area (Å²) in [5.41, 5.74) is 7.33. The highest BCUT2D eigenvalue weighted by atomic mass is 15.2. The van der Waals surface area contributed by atoms with Crippen molar-refractivity contribution in [3.8, 4) is 22.6 Å². The molecule has 0 amide bonds. The van der Waals surface area contributed by atoms with Gasteiger partial charge in [-0.25, -0.2) is 4.98 Å². The number of benzene rings is 2. The highest BCUT2D eigenvalue weighted by molar-refractivity contribution is 5.80. The van der Waals surface area contributed by atoms with Crippen LogP contribution >= 0.6 is 0 Å². The summed E-state index contributed by atoms with van der Waals surface area (Å²) in [6.07, 6.45) is 7.89. The lowest BCUT2D eigenvalue weighted by atomic mass is 9.68. The minimum Gasteiger partial charge on any atom is -0.265 e. The molecule has 2 aliphatic carbocycles. The zero-order chi connectivity index (χ0) is 17.8. The Labute approximate surface area is 157 Å². The average molecular weight is 352 g/mol. The van der Waals surface area contributed by atoms with Crippen molar-refractivity contribution >= 4 is 5.65 Å². The van der Waals surface area contributed by atoms with Crippen LogP contribution in [0.2, 0.25) is 0 Å². The van der Waals surface area contributed by atoms with Gasteiger partial charge in [-0.2, -0.15) is 0 Å². The Morgan fingerprint density at radius 3 is 2.52 bits per heavy atom. The SMILES string of the molecule is c1ccc(-c2nc3c(c4nncn24)C2(CCCC2)Cc2ccccc2-3)cc1. The fraction of sp³-hybridized carbons (Fsp3) is 0.261. The monoisotopic (exact) mass is 352 g/mol. The zero-order valence-corrected chi connectivity index (χ0v) is 15.1. The molecule has 0 aliphatic heterocycles. The minimum absolute atomic E-state index is 0.153. The highest BCUT2D eigenvalue weighted by Crippen LogP contribution is 2.52. The van der Waals surface area contributed by atoms with E-state index < -0.39 is 0 Å². The van der Waals surface area contributed by atoms with E-state index in [1.54, 1.807) is 0 Å². The van der Waals surface area contributed by atoms with Crippen LogP contribution in [0.15, 0.2) is 60.9 Å². The maximum atomic E-state index is 5.23. The van der Waals surface area contributed by atoms with Crippen molar-refractivity contribution < 1.29 is 0 Å². The summed E-state index contributed by atoms with van der Waals surface area (Å²) in [5, 5.41) is 8.86. The van der Waals surface area contributed by atoms with Gasteiger partial charge in [0.15, 0.2) is 5.65 Å². The molecule has 0 bridgehead atoms. The molecule has 2 aromatic carbocycles. The van der Waals surface area contributed by atoms with Gasteiger partial charge in [0.2, 0.25) is 0 Å². The molecular weight excluding hydrogens is 332 g/mol. The number of fused-ring (bicyclic) bond motifs is 6. The van der Waals surface area contributed by atoms with Gasteiger partial charge in [0.1, 0.15) is 12.2 Å². The number of nitrogens with zero attached hydrogens (tertiary/aromatic N) is 4. The van der Waals surface area contributed by atoms with Crippen molar-refractivity contribution in [2.45, 2.75) is 37.5 Å². The molecule has 2 aromatic heterocycles. The van der Waals surface area contributed by atoms with Crippen molar-refractivity contribution in [1.82, 2.24) is 19.6 Å². The van der Waals surface area contributed by atoms with Crippen LogP contribution in [0.25, 0.3) is 28.3 Å². The Morgan fingerprint density at radius 1 is 0.889 bits per heavy atom. The summed E-state index contributed by atoms with van der Waals surface area (Å²) in [6.45, 7) is 0. The number of rotatable bonds is 1. The maximum Gasteiger partial charge on any atom is 0.168 e. The summed E-state index contributed by atoms with van der Waals surface area (Å²) < 4.78 is 2.09. The van der Waals surface area contributed by atoms with E-state index in [1.807, 2.05) is 12.4 Å². The smallest absolute Gasteiger partial charge is 0.168 e. The predicted octanol–water partition coefficient (Wildman–Crippen LogP) is 4.83. The summed E-state index contributed by atoms with van der Waals surface area (Å²) >= 11 is 0. The first-order valence-electron chi connectivity index (χ1n) is 9.74. The van der Waals surface area contributed by atoms with Gasteiger partial charge in [-0.3, -0.25) is 4.40 Å². The second-order valence-electron chi connectivity index (χ2n) is 7.87. The normalized spacial score (nSPS) is 17.2. The number of hydrogen-bond donors (Lipinski definition) is 0. The highest BCUT2D eigenvalue weighted by Gasteiger charge is 2.44. The Hall–Kier alpha value is -3.01. The van der Waals surface area contributed by atoms with E-state index in [-0.39, 0.29) is 5.41 Å². The largest absolute Gasteiger partial charge is 0.265 e. The average Bonchev–Trinajstić information content (AvgIpc) is 3.38. The van der Waals surface area contributed by atoms with Crippen LogP contribution in [0.5, 0.6) is 0 Å². The van der Waals surface area contributed by atoms with Gasteiger partial charge < -0.3 is 0 Å². The number of aromatic nitrogens is 4. The number of hydrogen-bond acceptors (Lipinski definition) is 3. The van der Waals surface area contributed by atoms with Gasteiger partial charge in [0, 0.05) is 22.1 Å². The minimum atomic E-state index is 0.153. The van der Waals surface area contributed by atoms with E-state index >= 15 is 0 Å². The first kappa shape index (κ1) is 15.1. The molecule has 4 nitrogen and oxygen atoms in total. The molecule has 4 heteroatoms. The predicted molar refractivity (Wildman–Crippen MR) is 106 cm³/mol. The molecule has 1 spiro atoms. The van der Waals surface area contributed by atoms with Gasteiger partial charge in [-0.05, 0) is 24.8 Å².